The third kappa shape index (κ3) is 5.21. The monoisotopic (exact) mass is 715 g/mol. The second kappa shape index (κ2) is 13.0. The van der Waals surface area contributed by atoms with Crippen molar-refractivity contribution in [2.24, 2.45) is 0 Å². The molecule has 0 aliphatic heterocycles. The van der Waals surface area contributed by atoms with Crippen molar-refractivity contribution in [2.75, 3.05) is 0 Å². The van der Waals surface area contributed by atoms with Gasteiger partial charge in [0.1, 0.15) is 0 Å². The van der Waals surface area contributed by atoms with Gasteiger partial charge < -0.3 is 9.13 Å². The Kier molecular flexibility index (Phi) is 7.42. The van der Waals surface area contributed by atoms with Crippen molar-refractivity contribution in [2.45, 2.75) is 0 Å². The van der Waals surface area contributed by atoms with E-state index in [1.54, 1.807) is 0 Å². The zero-order chi connectivity index (χ0) is 37.0. The van der Waals surface area contributed by atoms with Gasteiger partial charge >= 0.3 is 0 Å². The van der Waals surface area contributed by atoms with Gasteiger partial charge in [0.25, 0.3) is 0 Å². The highest BCUT2D eigenvalue weighted by atomic mass is 15.0. The van der Waals surface area contributed by atoms with Crippen LogP contribution in [0.2, 0.25) is 0 Å². The molecular formula is C51H33N5. The molecule has 11 aromatic rings. The Labute approximate surface area is 323 Å². The van der Waals surface area contributed by atoms with Crippen LogP contribution in [0.15, 0.2) is 200 Å². The summed E-state index contributed by atoms with van der Waals surface area (Å²) in [6.07, 6.45) is 4.12. The first-order chi connectivity index (χ1) is 27.8. The number of pyridine rings is 1. The maximum atomic E-state index is 5.30. The Morgan fingerprint density at radius 2 is 1.07 bits per heavy atom. The molecule has 262 valence electrons. The fourth-order valence-corrected chi connectivity index (χ4v) is 8.20. The normalized spacial score (nSPS) is 11.6. The van der Waals surface area contributed by atoms with Gasteiger partial charge in [-0.25, -0.2) is 9.97 Å². The molecule has 7 aromatic carbocycles. The molecule has 4 heterocycles. The summed E-state index contributed by atoms with van der Waals surface area (Å²) in [5.74, 6) is 0.690. The van der Waals surface area contributed by atoms with Crippen molar-refractivity contribution in [3.05, 3.63) is 200 Å². The SMILES string of the molecule is c1ccc(-c2cn(-c3ccccc3)c3c2ccc2c4cc(-c5nc(-c6ccc(-c7ccccn7)cc6)c6ccccc6n5)ccc4n(-c4ccccc4)c23)cc1. The molecule has 4 aromatic heterocycles. The van der Waals surface area contributed by atoms with E-state index >= 15 is 0 Å². The highest BCUT2D eigenvalue weighted by molar-refractivity contribution is 6.20. The van der Waals surface area contributed by atoms with Crippen molar-refractivity contribution in [3.63, 3.8) is 0 Å². The average molecular weight is 716 g/mol. The van der Waals surface area contributed by atoms with Gasteiger partial charge in [-0.1, -0.05) is 127 Å². The summed E-state index contributed by atoms with van der Waals surface area (Å²) in [4.78, 5) is 15.0. The average Bonchev–Trinajstić information content (AvgIpc) is 3.83. The van der Waals surface area contributed by atoms with Crippen molar-refractivity contribution in [1.29, 1.82) is 0 Å². The minimum Gasteiger partial charge on any atom is -0.314 e. The third-order valence-corrected chi connectivity index (χ3v) is 10.8. The maximum absolute atomic E-state index is 5.30. The largest absolute Gasteiger partial charge is 0.314 e. The van der Waals surface area contributed by atoms with E-state index in [-0.39, 0.29) is 0 Å². The van der Waals surface area contributed by atoms with E-state index in [0.717, 1.165) is 72.3 Å². The smallest absolute Gasteiger partial charge is 0.160 e. The quantitative estimate of drug-likeness (QED) is 0.172. The van der Waals surface area contributed by atoms with Crippen LogP contribution in [0.25, 0.3) is 100 Å². The molecule has 0 bridgehead atoms. The van der Waals surface area contributed by atoms with Crippen LogP contribution in [0.4, 0.5) is 0 Å². The number of aromatic nitrogens is 5. The van der Waals surface area contributed by atoms with Gasteiger partial charge in [0.2, 0.25) is 0 Å². The molecule has 0 saturated heterocycles. The fourth-order valence-electron chi connectivity index (χ4n) is 8.20. The maximum Gasteiger partial charge on any atom is 0.160 e. The van der Waals surface area contributed by atoms with Gasteiger partial charge in [0.15, 0.2) is 5.82 Å². The predicted octanol–water partition coefficient (Wildman–Crippen LogP) is 12.7. The van der Waals surface area contributed by atoms with Gasteiger partial charge in [-0.15, -0.1) is 0 Å². The molecule has 0 spiro atoms. The van der Waals surface area contributed by atoms with Crippen molar-refractivity contribution < 1.29 is 0 Å². The van der Waals surface area contributed by atoms with Gasteiger partial charge in [0.05, 0.1) is 33.5 Å². The Morgan fingerprint density at radius 1 is 0.411 bits per heavy atom. The molecular weight excluding hydrogens is 683 g/mol. The number of rotatable bonds is 6. The van der Waals surface area contributed by atoms with E-state index in [1.807, 2.05) is 30.5 Å². The zero-order valence-corrected chi connectivity index (χ0v) is 30.3. The lowest BCUT2D eigenvalue weighted by Crippen LogP contribution is -1.98. The standard InChI is InChI=1S/C51H33N5/c1-4-14-34(15-5-1)44-33-55(38-16-6-2-7-17-38)49-41(44)29-28-40-43-32-37(27-30-47(43)56(50(40)49)39-18-8-3-9-19-39)51-53-46-22-11-10-20-42(46)48(54-51)36-25-23-35(24-26-36)45-21-12-13-31-52-45/h1-33H. The molecule has 0 N–H and O–H groups in total. The Hall–Kier alpha value is -7.63. The zero-order valence-electron chi connectivity index (χ0n) is 30.3. The summed E-state index contributed by atoms with van der Waals surface area (Å²) in [5, 5.41) is 4.52. The van der Waals surface area contributed by atoms with Gasteiger partial charge in [-0.2, -0.15) is 0 Å². The van der Waals surface area contributed by atoms with Gasteiger partial charge in [-0.05, 0) is 66.2 Å². The lowest BCUT2D eigenvalue weighted by molar-refractivity contribution is 1.12. The minimum atomic E-state index is 0.690. The molecule has 5 nitrogen and oxygen atoms in total. The second-order valence-electron chi connectivity index (χ2n) is 14.1. The first-order valence-corrected chi connectivity index (χ1v) is 18.9. The summed E-state index contributed by atoms with van der Waals surface area (Å²) >= 11 is 0. The van der Waals surface area contributed by atoms with E-state index in [4.69, 9.17) is 9.97 Å². The van der Waals surface area contributed by atoms with Crippen LogP contribution in [-0.2, 0) is 0 Å². The molecule has 0 saturated carbocycles. The van der Waals surface area contributed by atoms with Crippen LogP contribution in [0.3, 0.4) is 0 Å². The topological polar surface area (TPSA) is 48.5 Å². The van der Waals surface area contributed by atoms with Crippen LogP contribution in [0.1, 0.15) is 0 Å². The van der Waals surface area contributed by atoms with Crippen LogP contribution < -0.4 is 0 Å². The number of benzene rings is 7. The number of para-hydroxylation sites is 3. The molecule has 0 atom stereocenters. The first-order valence-electron chi connectivity index (χ1n) is 18.9. The van der Waals surface area contributed by atoms with Crippen LogP contribution in [0, 0.1) is 0 Å². The third-order valence-electron chi connectivity index (χ3n) is 10.8. The highest BCUT2D eigenvalue weighted by Gasteiger charge is 2.22. The summed E-state index contributed by atoms with van der Waals surface area (Å²) in [6.45, 7) is 0. The van der Waals surface area contributed by atoms with Crippen molar-refractivity contribution >= 4 is 43.6 Å². The Bertz CT molecular complexity index is 3200. The highest BCUT2D eigenvalue weighted by Crippen LogP contribution is 2.43. The van der Waals surface area contributed by atoms with Gasteiger partial charge in [-0.3, -0.25) is 4.98 Å². The summed E-state index contributed by atoms with van der Waals surface area (Å²) in [6, 6.07) is 66.0. The number of hydrogen-bond acceptors (Lipinski definition) is 3. The Morgan fingerprint density at radius 3 is 1.84 bits per heavy atom. The molecule has 0 fully saturated rings. The molecule has 0 aliphatic rings. The second-order valence-corrected chi connectivity index (χ2v) is 14.1. The lowest BCUT2D eigenvalue weighted by Gasteiger charge is -2.12. The molecule has 11 rings (SSSR count). The summed E-state index contributed by atoms with van der Waals surface area (Å²) in [5.41, 5.74) is 13.9. The van der Waals surface area contributed by atoms with E-state index < -0.39 is 0 Å². The first kappa shape index (κ1) is 31.9. The number of nitrogens with zero attached hydrogens (tertiary/aromatic N) is 5. The lowest BCUT2D eigenvalue weighted by atomic mass is 10.0. The number of fused-ring (bicyclic) bond motifs is 6. The van der Waals surface area contributed by atoms with Crippen molar-refractivity contribution in [3.8, 4) is 56.4 Å². The summed E-state index contributed by atoms with van der Waals surface area (Å²) in [7, 11) is 0. The van der Waals surface area contributed by atoms with Crippen LogP contribution in [-0.4, -0.2) is 24.1 Å². The summed E-state index contributed by atoms with van der Waals surface area (Å²) < 4.78 is 4.78. The fraction of sp³-hybridized carbons (Fsp3) is 0. The molecule has 0 aliphatic carbocycles. The van der Waals surface area contributed by atoms with E-state index in [1.165, 1.54) is 21.9 Å². The molecule has 56 heavy (non-hydrogen) atoms. The van der Waals surface area contributed by atoms with Gasteiger partial charge in [0, 0.05) is 67.6 Å². The molecule has 0 amide bonds. The molecule has 0 radical (unpaired) electrons. The van der Waals surface area contributed by atoms with Crippen LogP contribution in [0.5, 0.6) is 0 Å². The minimum absolute atomic E-state index is 0.690. The number of hydrogen-bond donors (Lipinski definition) is 0. The van der Waals surface area contributed by atoms with Crippen LogP contribution >= 0.6 is 0 Å². The Balaban J connectivity index is 1.16. The van der Waals surface area contributed by atoms with E-state index in [9.17, 15) is 0 Å². The molecule has 0 unspecified atom stereocenters. The van der Waals surface area contributed by atoms with E-state index in [2.05, 4.69) is 184 Å². The van der Waals surface area contributed by atoms with Crippen molar-refractivity contribution in [1.82, 2.24) is 24.1 Å². The predicted molar refractivity (Wildman–Crippen MR) is 230 cm³/mol. The van der Waals surface area contributed by atoms with E-state index in [0.29, 0.717) is 5.82 Å². The molecule has 5 heteroatoms.